The van der Waals surface area contributed by atoms with Crippen LogP contribution >= 0.6 is 27.3 Å². The number of nitrogens with zero attached hydrogens (tertiary/aromatic N) is 1. The molecule has 0 amide bonds. The molecule has 1 N–H and O–H groups in total. The highest BCUT2D eigenvalue weighted by molar-refractivity contribution is 9.10. The molecule has 1 atom stereocenters. The molecule has 0 radical (unpaired) electrons. The molecule has 5 heteroatoms. The quantitative estimate of drug-likeness (QED) is 0.918. The van der Waals surface area contributed by atoms with E-state index < -0.39 is 5.97 Å². The third-order valence-corrected chi connectivity index (χ3v) is 5.00. The van der Waals surface area contributed by atoms with Gasteiger partial charge in [-0.3, -0.25) is 4.79 Å². The van der Waals surface area contributed by atoms with E-state index in [1.54, 1.807) is 11.3 Å². The van der Waals surface area contributed by atoms with Crippen LogP contribution in [0.3, 0.4) is 0 Å². The van der Waals surface area contributed by atoms with Crippen molar-refractivity contribution in [3.05, 3.63) is 39.3 Å². The van der Waals surface area contributed by atoms with Gasteiger partial charge in [0.2, 0.25) is 0 Å². The van der Waals surface area contributed by atoms with Crippen molar-refractivity contribution in [1.82, 2.24) is 4.98 Å². The first-order valence-electron chi connectivity index (χ1n) is 6.11. The fraction of sp³-hybridized carbons (Fsp3) is 0.286. The van der Waals surface area contributed by atoms with E-state index in [-0.39, 0.29) is 12.3 Å². The summed E-state index contributed by atoms with van der Waals surface area (Å²) in [5.41, 5.74) is 2.09. The lowest BCUT2D eigenvalue weighted by molar-refractivity contribution is -0.137. The Hall–Kier alpha value is -1.20. The van der Waals surface area contributed by atoms with Crippen LogP contribution in [0.2, 0.25) is 0 Å². The number of carboxylic acids is 1. The lowest BCUT2D eigenvalue weighted by Gasteiger charge is -2.04. The van der Waals surface area contributed by atoms with Gasteiger partial charge in [-0.15, -0.1) is 11.3 Å². The second kappa shape index (κ2) is 5.06. The zero-order valence-corrected chi connectivity index (χ0v) is 12.5. The Labute approximate surface area is 123 Å². The van der Waals surface area contributed by atoms with Crippen molar-refractivity contribution in [2.45, 2.75) is 25.2 Å². The molecule has 0 saturated carbocycles. The first-order valence-corrected chi connectivity index (χ1v) is 7.72. The van der Waals surface area contributed by atoms with Crippen LogP contribution < -0.4 is 0 Å². The van der Waals surface area contributed by atoms with Crippen LogP contribution in [0.15, 0.2) is 28.7 Å². The first kappa shape index (κ1) is 12.8. The van der Waals surface area contributed by atoms with Crippen LogP contribution in [-0.4, -0.2) is 16.1 Å². The monoisotopic (exact) mass is 337 g/mol. The van der Waals surface area contributed by atoms with Gasteiger partial charge in [0.1, 0.15) is 5.01 Å². The first-order chi connectivity index (χ1) is 9.13. The maximum Gasteiger partial charge on any atom is 0.304 e. The van der Waals surface area contributed by atoms with E-state index >= 15 is 0 Å². The Morgan fingerprint density at radius 2 is 2.37 bits per heavy atom. The highest BCUT2D eigenvalue weighted by Crippen LogP contribution is 2.41. The number of hydrogen-bond donors (Lipinski definition) is 1. The highest BCUT2D eigenvalue weighted by Gasteiger charge is 2.29. The van der Waals surface area contributed by atoms with Gasteiger partial charge in [0.15, 0.2) is 0 Å². The summed E-state index contributed by atoms with van der Waals surface area (Å²) in [4.78, 5) is 16.8. The molecule has 0 saturated heterocycles. The molecule has 1 aromatic carbocycles. The van der Waals surface area contributed by atoms with Crippen LogP contribution in [0.4, 0.5) is 0 Å². The Morgan fingerprint density at radius 1 is 1.53 bits per heavy atom. The molecule has 1 aliphatic carbocycles. The number of carboxylic acid groups (broad SMARTS) is 1. The number of hydrogen-bond acceptors (Lipinski definition) is 3. The minimum absolute atomic E-state index is 0.0876. The van der Waals surface area contributed by atoms with Crippen LogP contribution in [-0.2, 0) is 11.2 Å². The van der Waals surface area contributed by atoms with Gasteiger partial charge in [0, 0.05) is 20.8 Å². The van der Waals surface area contributed by atoms with Gasteiger partial charge in [0.05, 0.1) is 12.1 Å². The number of aryl methyl sites for hydroxylation is 1. The van der Waals surface area contributed by atoms with Crippen molar-refractivity contribution < 1.29 is 9.90 Å². The fourth-order valence-electron chi connectivity index (χ4n) is 2.46. The van der Waals surface area contributed by atoms with Crippen LogP contribution in [0.1, 0.15) is 29.3 Å². The highest BCUT2D eigenvalue weighted by atomic mass is 79.9. The van der Waals surface area contributed by atoms with Crippen LogP contribution in [0.5, 0.6) is 0 Å². The smallest absolute Gasteiger partial charge is 0.304 e. The molecule has 3 rings (SSSR count). The maximum atomic E-state index is 10.9. The summed E-state index contributed by atoms with van der Waals surface area (Å²) in [5.74, 6) is -0.653. The van der Waals surface area contributed by atoms with Crippen molar-refractivity contribution in [2.24, 2.45) is 0 Å². The molecule has 0 bridgehead atoms. The molecule has 0 fully saturated rings. The third kappa shape index (κ3) is 2.58. The second-order valence-electron chi connectivity index (χ2n) is 4.67. The van der Waals surface area contributed by atoms with E-state index in [0.717, 1.165) is 33.6 Å². The number of aliphatic carboxylic acids is 1. The van der Waals surface area contributed by atoms with Gasteiger partial charge in [-0.25, -0.2) is 4.98 Å². The molecule has 1 heterocycles. The van der Waals surface area contributed by atoms with Gasteiger partial charge in [-0.05, 0) is 25.0 Å². The average molecular weight is 338 g/mol. The molecule has 2 aromatic rings. The van der Waals surface area contributed by atoms with E-state index in [0.29, 0.717) is 0 Å². The van der Waals surface area contributed by atoms with Gasteiger partial charge >= 0.3 is 5.97 Å². The zero-order chi connectivity index (χ0) is 13.4. The summed E-state index contributed by atoms with van der Waals surface area (Å²) in [6.07, 6.45) is 2.06. The van der Waals surface area contributed by atoms with Crippen LogP contribution in [0.25, 0.3) is 10.6 Å². The summed E-state index contributed by atoms with van der Waals surface area (Å²) < 4.78 is 1.03. The molecule has 1 aliphatic rings. The maximum absolute atomic E-state index is 10.9. The third-order valence-electron chi connectivity index (χ3n) is 3.33. The summed E-state index contributed by atoms with van der Waals surface area (Å²) in [5, 5.41) is 9.92. The van der Waals surface area contributed by atoms with Crippen LogP contribution in [0, 0.1) is 0 Å². The number of fused-ring (bicyclic) bond motifs is 1. The largest absolute Gasteiger partial charge is 0.481 e. The summed E-state index contributed by atoms with van der Waals surface area (Å²) in [7, 11) is 0. The van der Waals surface area contributed by atoms with Crippen molar-refractivity contribution in [3.63, 3.8) is 0 Å². The molecule has 1 aromatic heterocycles. The molecule has 1 unspecified atom stereocenters. The van der Waals surface area contributed by atoms with E-state index in [1.807, 2.05) is 24.3 Å². The summed E-state index contributed by atoms with van der Waals surface area (Å²) in [6.45, 7) is 0. The number of thiazole rings is 1. The van der Waals surface area contributed by atoms with E-state index in [4.69, 9.17) is 5.11 Å². The summed E-state index contributed by atoms with van der Waals surface area (Å²) >= 11 is 5.15. The van der Waals surface area contributed by atoms with E-state index in [2.05, 4.69) is 20.9 Å². The number of benzene rings is 1. The Bertz CT molecular complexity index is 638. The molecule has 3 nitrogen and oxygen atoms in total. The molecule has 0 aliphatic heterocycles. The van der Waals surface area contributed by atoms with Gasteiger partial charge in [-0.2, -0.15) is 0 Å². The number of aromatic nitrogens is 1. The topological polar surface area (TPSA) is 50.2 Å². The van der Waals surface area contributed by atoms with E-state index in [1.165, 1.54) is 4.88 Å². The SMILES string of the molecule is O=C(O)CC1CCc2sc(-c3cccc(Br)c3)nc21. The normalized spacial score (nSPS) is 17.4. The molecular weight excluding hydrogens is 326 g/mol. The number of halogens is 1. The Morgan fingerprint density at radius 3 is 3.11 bits per heavy atom. The molecule has 19 heavy (non-hydrogen) atoms. The average Bonchev–Trinajstić information content (AvgIpc) is 2.91. The lowest BCUT2D eigenvalue weighted by atomic mass is 10.0. The summed E-state index contributed by atoms with van der Waals surface area (Å²) in [6, 6.07) is 8.05. The minimum Gasteiger partial charge on any atom is -0.481 e. The number of carbonyl (C=O) groups is 1. The minimum atomic E-state index is -0.741. The van der Waals surface area contributed by atoms with Crippen molar-refractivity contribution in [1.29, 1.82) is 0 Å². The Kier molecular flexibility index (Phi) is 3.41. The van der Waals surface area contributed by atoms with Gasteiger partial charge < -0.3 is 5.11 Å². The lowest BCUT2D eigenvalue weighted by Crippen LogP contribution is -2.03. The number of rotatable bonds is 3. The molecular formula is C14H12BrNO2S. The predicted molar refractivity (Wildman–Crippen MR) is 78.6 cm³/mol. The van der Waals surface area contributed by atoms with Gasteiger partial charge in [-0.1, -0.05) is 28.1 Å². The van der Waals surface area contributed by atoms with Gasteiger partial charge in [0.25, 0.3) is 0 Å². The standard InChI is InChI=1S/C14H12BrNO2S/c15-10-3-1-2-9(6-10)14-16-13-8(7-12(17)18)4-5-11(13)19-14/h1-3,6,8H,4-5,7H2,(H,17,18). The van der Waals surface area contributed by atoms with Crippen molar-refractivity contribution >= 4 is 33.2 Å². The molecule has 98 valence electrons. The molecule has 0 spiro atoms. The predicted octanol–water partition coefficient (Wildman–Crippen LogP) is 4.08. The fourth-order valence-corrected chi connectivity index (χ4v) is 4.02. The second-order valence-corrected chi connectivity index (χ2v) is 6.67. The van der Waals surface area contributed by atoms with Crippen molar-refractivity contribution in [3.8, 4) is 10.6 Å². The van der Waals surface area contributed by atoms with Crippen molar-refractivity contribution in [2.75, 3.05) is 0 Å². The van der Waals surface area contributed by atoms with E-state index in [9.17, 15) is 4.79 Å². The Balaban J connectivity index is 1.93. The zero-order valence-electron chi connectivity index (χ0n) is 10.1.